The fourth-order valence-electron chi connectivity index (χ4n) is 3.34. The molecule has 0 aliphatic carbocycles. The van der Waals surface area contributed by atoms with E-state index in [0.717, 1.165) is 29.7 Å². The van der Waals surface area contributed by atoms with Gasteiger partial charge >= 0.3 is 5.97 Å². The van der Waals surface area contributed by atoms with Gasteiger partial charge in [0.15, 0.2) is 0 Å². The highest BCUT2D eigenvalue weighted by atomic mass is 32.1. The third-order valence-corrected chi connectivity index (χ3v) is 5.78. The molecule has 0 bridgehead atoms. The monoisotopic (exact) mass is 451 g/mol. The third-order valence-electron chi connectivity index (χ3n) is 4.89. The molecular weight excluding hydrogens is 422 g/mol. The predicted molar refractivity (Wildman–Crippen MR) is 130 cm³/mol. The second kappa shape index (κ2) is 12.1. The van der Waals surface area contributed by atoms with Crippen molar-refractivity contribution in [3.05, 3.63) is 71.1 Å². The van der Waals surface area contributed by atoms with Gasteiger partial charge in [0.1, 0.15) is 16.3 Å². The van der Waals surface area contributed by atoms with Gasteiger partial charge in [-0.05, 0) is 43.0 Å². The highest BCUT2D eigenvalue weighted by Crippen LogP contribution is 2.36. The van der Waals surface area contributed by atoms with Gasteiger partial charge in [-0.1, -0.05) is 55.8 Å². The molecule has 0 unspecified atom stereocenters. The van der Waals surface area contributed by atoms with Gasteiger partial charge in [-0.15, -0.1) is 11.3 Å². The van der Waals surface area contributed by atoms with Crippen molar-refractivity contribution in [2.24, 2.45) is 0 Å². The zero-order valence-corrected chi connectivity index (χ0v) is 19.4. The van der Waals surface area contributed by atoms with E-state index in [1.54, 1.807) is 6.92 Å². The standard InChI is InChI=1S/C26H29NO4S/c1-3-9-19-13-15-21(16-14-19)31-17-8-12-23(28)27-25-24(26(29)30-4-2)22(18-32-25)20-10-6-5-7-11-20/h5-7,10-11,13-16,18H,3-4,8-9,12,17H2,1-2H3,(H,27,28). The second-order valence-corrected chi connectivity index (χ2v) is 8.21. The van der Waals surface area contributed by atoms with E-state index in [2.05, 4.69) is 24.4 Å². The second-order valence-electron chi connectivity index (χ2n) is 7.33. The maximum absolute atomic E-state index is 12.6. The van der Waals surface area contributed by atoms with E-state index in [1.807, 2.05) is 47.8 Å². The van der Waals surface area contributed by atoms with Crippen LogP contribution in [-0.2, 0) is 16.0 Å². The molecule has 0 saturated heterocycles. The molecular formula is C26H29NO4S. The maximum Gasteiger partial charge on any atom is 0.341 e. The summed E-state index contributed by atoms with van der Waals surface area (Å²) in [5.74, 6) is 0.220. The number of anilines is 1. The molecule has 1 amide bonds. The Morgan fingerprint density at radius 1 is 1.00 bits per heavy atom. The van der Waals surface area contributed by atoms with Crippen molar-refractivity contribution in [1.29, 1.82) is 0 Å². The largest absolute Gasteiger partial charge is 0.494 e. The van der Waals surface area contributed by atoms with E-state index < -0.39 is 5.97 Å². The van der Waals surface area contributed by atoms with Crippen LogP contribution in [0, 0.1) is 0 Å². The molecule has 3 rings (SSSR count). The van der Waals surface area contributed by atoms with Crippen LogP contribution in [0.25, 0.3) is 11.1 Å². The molecule has 0 radical (unpaired) electrons. The summed E-state index contributed by atoms with van der Waals surface area (Å²) in [5, 5.41) is 5.27. The first kappa shape index (κ1) is 23.5. The lowest BCUT2D eigenvalue weighted by atomic mass is 10.0. The Morgan fingerprint density at radius 2 is 1.75 bits per heavy atom. The molecule has 2 aromatic carbocycles. The van der Waals surface area contributed by atoms with E-state index >= 15 is 0 Å². The van der Waals surface area contributed by atoms with Crippen LogP contribution < -0.4 is 10.1 Å². The molecule has 5 nitrogen and oxygen atoms in total. The van der Waals surface area contributed by atoms with Crippen LogP contribution in [-0.4, -0.2) is 25.1 Å². The summed E-state index contributed by atoms with van der Waals surface area (Å²) in [6, 6.07) is 17.7. The van der Waals surface area contributed by atoms with Crippen LogP contribution in [0.5, 0.6) is 5.75 Å². The predicted octanol–water partition coefficient (Wildman–Crippen LogP) is 6.34. The molecule has 1 heterocycles. The summed E-state index contributed by atoms with van der Waals surface area (Å²) in [6.07, 6.45) is 3.05. The van der Waals surface area contributed by atoms with E-state index in [1.165, 1.54) is 16.9 Å². The zero-order valence-electron chi connectivity index (χ0n) is 18.6. The molecule has 168 valence electrons. The van der Waals surface area contributed by atoms with Crippen molar-refractivity contribution in [2.45, 2.75) is 39.5 Å². The van der Waals surface area contributed by atoms with Crippen molar-refractivity contribution >= 4 is 28.2 Å². The Labute approximate surface area is 193 Å². The number of ether oxygens (including phenoxy) is 2. The van der Waals surface area contributed by atoms with Crippen LogP contribution in [0.15, 0.2) is 60.0 Å². The van der Waals surface area contributed by atoms with Crippen molar-refractivity contribution in [1.82, 2.24) is 0 Å². The van der Waals surface area contributed by atoms with Gasteiger partial charge in [-0.2, -0.15) is 0 Å². The lowest BCUT2D eigenvalue weighted by Crippen LogP contribution is -2.15. The Bertz CT molecular complexity index is 1010. The number of carbonyl (C=O) groups excluding carboxylic acids is 2. The first-order chi connectivity index (χ1) is 15.6. The third kappa shape index (κ3) is 6.44. The maximum atomic E-state index is 12.6. The minimum Gasteiger partial charge on any atom is -0.494 e. The Kier molecular flexibility index (Phi) is 8.87. The molecule has 6 heteroatoms. The molecule has 0 spiro atoms. The fraction of sp³-hybridized carbons (Fsp3) is 0.308. The van der Waals surface area contributed by atoms with Crippen LogP contribution in [0.3, 0.4) is 0 Å². The first-order valence-electron chi connectivity index (χ1n) is 11.0. The molecule has 1 aromatic heterocycles. The number of hydrogen-bond donors (Lipinski definition) is 1. The average molecular weight is 452 g/mol. The summed E-state index contributed by atoms with van der Waals surface area (Å²) in [7, 11) is 0. The van der Waals surface area contributed by atoms with Crippen molar-refractivity contribution in [3.8, 4) is 16.9 Å². The first-order valence-corrected chi connectivity index (χ1v) is 11.9. The minimum absolute atomic E-state index is 0.154. The Morgan fingerprint density at radius 3 is 2.44 bits per heavy atom. The average Bonchev–Trinajstić information content (AvgIpc) is 3.22. The van der Waals surface area contributed by atoms with Crippen molar-refractivity contribution < 1.29 is 19.1 Å². The Hall–Kier alpha value is -3.12. The van der Waals surface area contributed by atoms with Gasteiger partial charge in [0.2, 0.25) is 5.91 Å². The van der Waals surface area contributed by atoms with Crippen LogP contribution in [0.2, 0.25) is 0 Å². The van der Waals surface area contributed by atoms with Crippen LogP contribution >= 0.6 is 11.3 Å². The number of nitrogens with one attached hydrogen (secondary N) is 1. The minimum atomic E-state index is -0.433. The van der Waals surface area contributed by atoms with E-state index in [9.17, 15) is 9.59 Å². The number of esters is 1. The van der Waals surface area contributed by atoms with Crippen molar-refractivity contribution in [2.75, 3.05) is 18.5 Å². The smallest absolute Gasteiger partial charge is 0.341 e. The van der Waals surface area contributed by atoms with Gasteiger partial charge in [-0.3, -0.25) is 4.79 Å². The normalized spacial score (nSPS) is 10.6. The topological polar surface area (TPSA) is 64.6 Å². The molecule has 3 aromatic rings. The summed E-state index contributed by atoms with van der Waals surface area (Å²) < 4.78 is 11.0. The number of thiophene rings is 1. The number of rotatable bonds is 11. The highest BCUT2D eigenvalue weighted by molar-refractivity contribution is 7.15. The van der Waals surface area contributed by atoms with Gasteiger partial charge in [-0.25, -0.2) is 4.79 Å². The quantitative estimate of drug-likeness (QED) is 0.273. The molecule has 0 fully saturated rings. The molecule has 1 N–H and O–H groups in total. The molecule has 0 saturated carbocycles. The fourth-order valence-corrected chi connectivity index (χ4v) is 4.31. The van der Waals surface area contributed by atoms with Gasteiger partial charge in [0.05, 0.1) is 13.2 Å². The lowest BCUT2D eigenvalue weighted by molar-refractivity contribution is -0.116. The van der Waals surface area contributed by atoms with Gasteiger partial charge in [0, 0.05) is 17.4 Å². The number of aryl methyl sites for hydroxylation is 1. The summed E-state index contributed by atoms with van der Waals surface area (Å²) in [6.45, 7) is 4.64. The Balaban J connectivity index is 1.57. The summed E-state index contributed by atoms with van der Waals surface area (Å²) in [5.41, 5.74) is 3.37. The molecule has 0 aliphatic rings. The number of amides is 1. The zero-order chi connectivity index (χ0) is 22.8. The van der Waals surface area contributed by atoms with Gasteiger partial charge in [0.25, 0.3) is 0 Å². The SMILES string of the molecule is CCCc1ccc(OCCCC(=O)Nc2scc(-c3ccccc3)c2C(=O)OCC)cc1. The number of hydrogen-bond acceptors (Lipinski definition) is 5. The molecule has 0 aliphatic heterocycles. The van der Waals surface area contributed by atoms with Gasteiger partial charge < -0.3 is 14.8 Å². The van der Waals surface area contributed by atoms with E-state index in [-0.39, 0.29) is 12.5 Å². The summed E-state index contributed by atoms with van der Waals surface area (Å²) in [4.78, 5) is 25.1. The van der Waals surface area contributed by atoms with E-state index in [4.69, 9.17) is 9.47 Å². The van der Waals surface area contributed by atoms with E-state index in [0.29, 0.717) is 30.0 Å². The number of benzene rings is 2. The lowest BCUT2D eigenvalue weighted by Gasteiger charge is -2.09. The highest BCUT2D eigenvalue weighted by Gasteiger charge is 2.22. The molecule has 0 atom stereocenters. The van der Waals surface area contributed by atoms with Crippen LogP contribution in [0.1, 0.15) is 49.0 Å². The van der Waals surface area contributed by atoms with Crippen LogP contribution in [0.4, 0.5) is 5.00 Å². The van der Waals surface area contributed by atoms with Crippen molar-refractivity contribution in [3.63, 3.8) is 0 Å². The summed E-state index contributed by atoms with van der Waals surface area (Å²) >= 11 is 1.33. The number of carbonyl (C=O) groups is 2. The molecule has 32 heavy (non-hydrogen) atoms.